The zero-order valence-corrected chi connectivity index (χ0v) is 12.1. The Morgan fingerprint density at radius 3 is 2.45 bits per heavy atom. The van der Waals surface area contributed by atoms with Crippen LogP contribution in [0.1, 0.15) is 25.8 Å². The van der Waals surface area contributed by atoms with Crippen LogP contribution in [0.2, 0.25) is 0 Å². The second-order valence-electron chi connectivity index (χ2n) is 6.11. The highest BCUT2D eigenvalue weighted by Crippen LogP contribution is 2.28. The average molecular weight is 267 g/mol. The summed E-state index contributed by atoms with van der Waals surface area (Å²) in [5, 5.41) is 0. The van der Waals surface area contributed by atoms with Gasteiger partial charge in [-0.1, -0.05) is 54.6 Å². The third-order valence-corrected chi connectivity index (χ3v) is 3.81. The molecule has 1 fully saturated rings. The number of benzene rings is 2. The van der Waals surface area contributed by atoms with Gasteiger partial charge in [0.2, 0.25) is 0 Å². The zero-order valence-electron chi connectivity index (χ0n) is 12.1. The first-order chi connectivity index (χ1) is 9.64. The Bertz CT molecular complexity index is 577. The standard InChI is InChI=1S/C18H21NO/c1-18(2)13-16(19-20-18)12-15-10-6-7-11-17(15)14-8-4-3-5-9-14/h3-11,16,19H,12-13H2,1-2H3. The molecular formula is C18H21NO. The van der Waals surface area contributed by atoms with E-state index in [2.05, 4.69) is 73.9 Å². The van der Waals surface area contributed by atoms with Crippen LogP contribution in [-0.4, -0.2) is 11.6 Å². The van der Waals surface area contributed by atoms with Gasteiger partial charge in [-0.2, -0.15) is 5.48 Å². The molecule has 0 aromatic heterocycles. The van der Waals surface area contributed by atoms with Crippen LogP contribution < -0.4 is 5.48 Å². The fraction of sp³-hybridized carbons (Fsp3) is 0.333. The Balaban J connectivity index is 1.84. The summed E-state index contributed by atoms with van der Waals surface area (Å²) < 4.78 is 0. The summed E-state index contributed by atoms with van der Waals surface area (Å²) in [6.45, 7) is 4.26. The number of rotatable bonds is 3. The van der Waals surface area contributed by atoms with Gasteiger partial charge in [-0.15, -0.1) is 0 Å². The number of hydrogen-bond donors (Lipinski definition) is 1. The van der Waals surface area contributed by atoms with Crippen LogP contribution in [0, 0.1) is 0 Å². The van der Waals surface area contributed by atoms with Crippen molar-refractivity contribution in [3.8, 4) is 11.1 Å². The number of nitrogens with one attached hydrogen (secondary N) is 1. The van der Waals surface area contributed by atoms with E-state index in [-0.39, 0.29) is 5.60 Å². The van der Waals surface area contributed by atoms with Crippen LogP contribution in [0.5, 0.6) is 0 Å². The SMILES string of the molecule is CC1(C)CC(Cc2ccccc2-c2ccccc2)NO1. The summed E-state index contributed by atoms with van der Waals surface area (Å²) in [6.07, 6.45) is 2.03. The van der Waals surface area contributed by atoms with Crippen LogP contribution in [0.15, 0.2) is 54.6 Å². The van der Waals surface area contributed by atoms with E-state index in [1.54, 1.807) is 0 Å². The molecule has 0 spiro atoms. The van der Waals surface area contributed by atoms with E-state index in [1.807, 2.05) is 0 Å². The summed E-state index contributed by atoms with van der Waals surface area (Å²) >= 11 is 0. The smallest absolute Gasteiger partial charge is 0.0856 e. The molecular weight excluding hydrogens is 246 g/mol. The average Bonchev–Trinajstić information content (AvgIpc) is 2.79. The Morgan fingerprint density at radius 2 is 1.75 bits per heavy atom. The molecule has 104 valence electrons. The molecule has 2 heteroatoms. The van der Waals surface area contributed by atoms with Crippen molar-refractivity contribution in [3.63, 3.8) is 0 Å². The van der Waals surface area contributed by atoms with Gasteiger partial charge < -0.3 is 0 Å². The van der Waals surface area contributed by atoms with E-state index in [0.29, 0.717) is 6.04 Å². The Hall–Kier alpha value is -1.64. The minimum absolute atomic E-state index is 0.0631. The van der Waals surface area contributed by atoms with Crippen molar-refractivity contribution < 1.29 is 4.84 Å². The zero-order chi connectivity index (χ0) is 14.0. The summed E-state index contributed by atoms with van der Waals surface area (Å²) in [5.41, 5.74) is 7.08. The number of hydrogen-bond acceptors (Lipinski definition) is 2. The number of hydroxylamine groups is 1. The molecule has 20 heavy (non-hydrogen) atoms. The molecule has 2 aromatic rings. The highest BCUT2D eigenvalue weighted by atomic mass is 16.7. The van der Waals surface area contributed by atoms with Crippen LogP contribution in [0.3, 0.4) is 0 Å². The lowest BCUT2D eigenvalue weighted by Gasteiger charge is -2.14. The summed E-state index contributed by atoms with van der Waals surface area (Å²) in [4.78, 5) is 5.62. The van der Waals surface area contributed by atoms with Crippen LogP contribution in [0.25, 0.3) is 11.1 Å². The second-order valence-corrected chi connectivity index (χ2v) is 6.11. The molecule has 1 heterocycles. The lowest BCUT2D eigenvalue weighted by Crippen LogP contribution is -2.22. The second kappa shape index (κ2) is 5.39. The van der Waals surface area contributed by atoms with Gasteiger partial charge in [-0.25, -0.2) is 0 Å². The van der Waals surface area contributed by atoms with E-state index in [0.717, 1.165) is 12.8 Å². The maximum absolute atomic E-state index is 5.62. The molecule has 2 nitrogen and oxygen atoms in total. The fourth-order valence-corrected chi connectivity index (χ4v) is 2.90. The lowest BCUT2D eigenvalue weighted by molar-refractivity contribution is -0.0311. The van der Waals surface area contributed by atoms with Crippen molar-refractivity contribution in [2.45, 2.75) is 38.3 Å². The third kappa shape index (κ3) is 2.92. The molecule has 0 bridgehead atoms. The van der Waals surface area contributed by atoms with Gasteiger partial charge in [0.25, 0.3) is 0 Å². The Kier molecular flexibility index (Phi) is 3.60. The molecule has 1 aliphatic rings. The quantitative estimate of drug-likeness (QED) is 0.908. The minimum Gasteiger partial charge on any atom is -0.295 e. The topological polar surface area (TPSA) is 21.3 Å². The minimum atomic E-state index is -0.0631. The normalized spacial score (nSPS) is 21.0. The summed E-state index contributed by atoms with van der Waals surface area (Å²) in [5.74, 6) is 0. The van der Waals surface area contributed by atoms with Gasteiger partial charge in [0.15, 0.2) is 0 Å². The van der Waals surface area contributed by atoms with Crippen molar-refractivity contribution in [1.82, 2.24) is 5.48 Å². The molecule has 0 radical (unpaired) electrons. The maximum atomic E-state index is 5.62. The molecule has 0 amide bonds. The fourth-order valence-electron chi connectivity index (χ4n) is 2.90. The highest BCUT2D eigenvalue weighted by Gasteiger charge is 2.32. The van der Waals surface area contributed by atoms with E-state index in [1.165, 1.54) is 16.7 Å². The lowest BCUT2D eigenvalue weighted by atomic mass is 9.92. The predicted molar refractivity (Wildman–Crippen MR) is 82.3 cm³/mol. The van der Waals surface area contributed by atoms with Gasteiger partial charge in [0, 0.05) is 6.04 Å². The van der Waals surface area contributed by atoms with Crippen LogP contribution >= 0.6 is 0 Å². The van der Waals surface area contributed by atoms with Crippen molar-refractivity contribution in [1.29, 1.82) is 0 Å². The molecule has 1 aliphatic heterocycles. The highest BCUT2D eigenvalue weighted by molar-refractivity contribution is 5.67. The van der Waals surface area contributed by atoms with E-state index >= 15 is 0 Å². The molecule has 1 saturated heterocycles. The summed E-state index contributed by atoms with van der Waals surface area (Å²) in [6, 6.07) is 19.6. The maximum Gasteiger partial charge on any atom is 0.0856 e. The molecule has 2 aromatic carbocycles. The van der Waals surface area contributed by atoms with Crippen molar-refractivity contribution in [3.05, 3.63) is 60.2 Å². The van der Waals surface area contributed by atoms with Crippen LogP contribution in [-0.2, 0) is 11.3 Å². The molecule has 1 unspecified atom stereocenters. The first-order valence-electron chi connectivity index (χ1n) is 7.21. The summed E-state index contributed by atoms with van der Waals surface area (Å²) in [7, 11) is 0. The predicted octanol–water partition coefficient (Wildman–Crippen LogP) is 3.97. The first kappa shape index (κ1) is 13.3. The van der Waals surface area contributed by atoms with E-state index < -0.39 is 0 Å². The van der Waals surface area contributed by atoms with Gasteiger partial charge in [0.05, 0.1) is 5.60 Å². The van der Waals surface area contributed by atoms with Gasteiger partial charge in [-0.05, 0) is 43.4 Å². The molecule has 0 saturated carbocycles. The van der Waals surface area contributed by atoms with Crippen molar-refractivity contribution in [2.75, 3.05) is 0 Å². The Labute approximate surface area is 120 Å². The van der Waals surface area contributed by atoms with Crippen molar-refractivity contribution >= 4 is 0 Å². The van der Waals surface area contributed by atoms with E-state index in [9.17, 15) is 0 Å². The molecule has 1 atom stereocenters. The van der Waals surface area contributed by atoms with Crippen molar-refractivity contribution in [2.24, 2.45) is 0 Å². The Morgan fingerprint density at radius 1 is 1.05 bits per heavy atom. The monoisotopic (exact) mass is 267 g/mol. The van der Waals surface area contributed by atoms with Gasteiger partial charge in [-0.3, -0.25) is 4.84 Å². The van der Waals surface area contributed by atoms with Crippen LogP contribution in [0.4, 0.5) is 0 Å². The van der Waals surface area contributed by atoms with Gasteiger partial charge in [0.1, 0.15) is 0 Å². The van der Waals surface area contributed by atoms with Gasteiger partial charge >= 0.3 is 0 Å². The molecule has 3 rings (SSSR count). The molecule has 1 N–H and O–H groups in total. The largest absolute Gasteiger partial charge is 0.295 e. The third-order valence-electron chi connectivity index (χ3n) is 3.81. The molecule has 0 aliphatic carbocycles. The first-order valence-corrected chi connectivity index (χ1v) is 7.21. The van der Waals surface area contributed by atoms with E-state index in [4.69, 9.17) is 4.84 Å².